The Bertz CT molecular complexity index is 788. The van der Waals surface area contributed by atoms with Crippen molar-refractivity contribution in [2.75, 3.05) is 33.9 Å². The van der Waals surface area contributed by atoms with Crippen molar-refractivity contribution in [1.29, 1.82) is 0 Å². The highest BCUT2D eigenvalue weighted by Crippen LogP contribution is 2.25. The van der Waals surface area contributed by atoms with Gasteiger partial charge in [-0.2, -0.15) is 5.10 Å². The van der Waals surface area contributed by atoms with Crippen LogP contribution in [0.15, 0.2) is 47.7 Å². The molecule has 0 radical (unpaired) electrons. The van der Waals surface area contributed by atoms with Crippen LogP contribution in [0.2, 0.25) is 0 Å². The summed E-state index contributed by atoms with van der Waals surface area (Å²) in [6, 6.07) is 10.9. The molecule has 1 fully saturated rings. The summed E-state index contributed by atoms with van der Waals surface area (Å²) in [4.78, 5) is 6.62. The molecule has 8 heteroatoms. The fraction of sp³-hybridized carbons (Fsp3) is 0.545. The molecule has 2 heterocycles. The second kappa shape index (κ2) is 11.7. The lowest BCUT2D eigenvalue weighted by molar-refractivity contribution is 0.0353. The van der Waals surface area contributed by atoms with Crippen molar-refractivity contribution in [2.45, 2.75) is 37.9 Å². The second-order valence-corrected chi connectivity index (χ2v) is 7.95. The maximum Gasteiger partial charge on any atom is 0.193 e. The second-order valence-electron chi connectivity index (χ2n) is 7.95. The number of benzene rings is 1. The third-order valence-electron chi connectivity index (χ3n) is 5.61. The highest BCUT2D eigenvalue weighted by Gasteiger charge is 2.34. The molecule has 0 amide bonds. The first kappa shape index (κ1) is 24.6. The van der Waals surface area contributed by atoms with E-state index in [-0.39, 0.29) is 35.6 Å². The van der Waals surface area contributed by atoms with Gasteiger partial charge in [0.25, 0.3) is 0 Å². The standard InChI is InChI=1S/C22H34N6O.HI/c1-18(20-8-6-5-7-9-20)26-22(10-12-29-13-11-22)17-24-21(23-2)27(3)15-19-14-25-28(4)16-19;/h5-9,14,16,18,26H,10-13,15,17H2,1-4H3,(H,23,24);1H. The predicted molar refractivity (Wildman–Crippen MR) is 132 cm³/mol. The van der Waals surface area contributed by atoms with Crippen molar-refractivity contribution in [1.82, 2.24) is 25.3 Å². The van der Waals surface area contributed by atoms with E-state index in [1.807, 2.05) is 31.2 Å². The lowest BCUT2D eigenvalue weighted by Crippen LogP contribution is -2.58. The molecule has 2 N–H and O–H groups in total. The molecule has 1 aromatic heterocycles. The van der Waals surface area contributed by atoms with Gasteiger partial charge in [0.05, 0.1) is 6.20 Å². The van der Waals surface area contributed by atoms with Crippen molar-refractivity contribution in [2.24, 2.45) is 12.0 Å². The molecule has 30 heavy (non-hydrogen) atoms. The molecule has 1 aliphatic rings. The Kier molecular flexibility index (Phi) is 9.57. The van der Waals surface area contributed by atoms with Gasteiger partial charge in [-0.05, 0) is 25.3 Å². The summed E-state index contributed by atoms with van der Waals surface area (Å²) < 4.78 is 7.48. The summed E-state index contributed by atoms with van der Waals surface area (Å²) in [6.07, 6.45) is 5.88. The van der Waals surface area contributed by atoms with Crippen LogP contribution < -0.4 is 10.6 Å². The third kappa shape index (κ3) is 6.68. The van der Waals surface area contributed by atoms with Crippen molar-refractivity contribution in [3.63, 3.8) is 0 Å². The lowest BCUT2D eigenvalue weighted by atomic mass is 9.88. The normalized spacial score (nSPS) is 17.1. The minimum Gasteiger partial charge on any atom is -0.381 e. The van der Waals surface area contributed by atoms with E-state index >= 15 is 0 Å². The van der Waals surface area contributed by atoms with Crippen molar-refractivity contribution in [3.05, 3.63) is 53.9 Å². The van der Waals surface area contributed by atoms with Gasteiger partial charge in [-0.1, -0.05) is 30.3 Å². The zero-order chi connectivity index (χ0) is 20.7. The quantitative estimate of drug-likeness (QED) is 0.330. The molecule has 166 valence electrons. The van der Waals surface area contributed by atoms with E-state index in [1.54, 1.807) is 0 Å². The van der Waals surface area contributed by atoms with E-state index in [9.17, 15) is 0 Å². The molecule has 1 unspecified atom stereocenters. The molecular formula is C22H35IN6O. The summed E-state index contributed by atoms with van der Waals surface area (Å²) >= 11 is 0. The number of halogens is 1. The first-order chi connectivity index (χ1) is 14.0. The van der Waals surface area contributed by atoms with Gasteiger partial charge >= 0.3 is 0 Å². The number of ether oxygens (including phenoxy) is 1. The maximum atomic E-state index is 5.66. The van der Waals surface area contributed by atoms with Gasteiger partial charge < -0.3 is 20.3 Å². The minimum absolute atomic E-state index is 0. The van der Waals surface area contributed by atoms with Crippen LogP contribution in [0.1, 0.15) is 36.9 Å². The SMILES string of the molecule is CN=C(NCC1(NC(C)c2ccccc2)CCOCC1)N(C)Cc1cnn(C)c1.I. The molecule has 0 bridgehead atoms. The Morgan fingerprint density at radius 2 is 2.00 bits per heavy atom. The number of nitrogens with zero attached hydrogens (tertiary/aromatic N) is 4. The average Bonchev–Trinajstić information content (AvgIpc) is 3.14. The summed E-state index contributed by atoms with van der Waals surface area (Å²) in [6.45, 7) is 5.35. The van der Waals surface area contributed by atoms with E-state index in [2.05, 4.69) is 69.9 Å². The van der Waals surface area contributed by atoms with Gasteiger partial charge in [0.1, 0.15) is 0 Å². The number of aryl methyl sites for hydroxylation is 1. The number of aromatic nitrogens is 2. The van der Waals surface area contributed by atoms with Gasteiger partial charge in [0.2, 0.25) is 0 Å². The molecule has 1 aliphatic heterocycles. The van der Waals surface area contributed by atoms with Crippen LogP contribution in [-0.2, 0) is 18.3 Å². The summed E-state index contributed by atoms with van der Waals surface area (Å²) in [5.74, 6) is 0.883. The Labute approximate surface area is 197 Å². The van der Waals surface area contributed by atoms with E-state index in [4.69, 9.17) is 4.74 Å². The summed E-state index contributed by atoms with van der Waals surface area (Å²) in [5.41, 5.74) is 2.43. The molecule has 0 saturated carbocycles. The number of guanidine groups is 1. The molecule has 0 spiro atoms. The summed E-state index contributed by atoms with van der Waals surface area (Å²) in [5, 5.41) is 11.7. The van der Waals surface area contributed by atoms with E-state index < -0.39 is 0 Å². The van der Waals surface area contributed by atoms with Crippen molar-refractivity contribution < 1.29 is 4.74 Å². The fourth-order valence-corrected chi connectivity index (χ4v) is 3.95. The zero-order valence-electron chi connectivity index (χ0n) is 18.5. The van der Waals surface area contributed by atoms with Gasteiger partial charge in [-0.15, -0.1) is 24.0 Å². The molecule has 1 atom stereocenters. The Balaban J connectivity index is 0.00000320. The third-order valence-corrected chi connectivity index (χ3v) is 5.61. The van der Waals surface area contributed by atoms with Gasteiger partial charge in [-0.3, -0.25) is 9.67 Å². The first-order valence-electron chi connectivity index (χ1n) is 10.3. The van der Waals surface area contributed by atoms with E-state index in [0.29, 0.717) is 0 Å². The number of hydrogen-bond acceptors (Lipinski definition) is 4. The van der Waals surface area contributed by atoms with Crippen LogP contribution in [0.5, 0.6) is 0 Å². The van der Waals surface area contributed by atoms with Crippen LogP contribution >= 0.6 is 24.0 Å². The Morgan fingerprint density at radius 3 is 2.60 bits per heavy atom. The van der Waals surface area contributed by atoms with E-state index in [0.717, 1.165) is 50.7 Å². The minimum atomic E-state index is -0.0292. The lowest BCUT2D eigenvalue weighted by Gasteiger charge is -2.41. The fourth-order valence-electron chi connectivity index (χ4n) is 3.95. The van der Waals surface area contributed by atoms with Crippen molar-refractivity contribution in [3.8, 4) is 0 Å². The maximum absolute atomic E-state index is 5.66. The monoisotopic (exact) mass is 526 g/mol. The Morgan fingerprint density at radius 1 is 1.30 bits per heavy atom. The molecule has 3 rings (SSSR count). The molecule has 2 aromatic rings. The topological polar surface area (TPSA) is 66.7 Å². The smallest absolute Gasteiger partial charge is 0.193 e. The van der Waals surface area contributed by atoms with Crippen LogP contribution in [0.4, 0.5) is 0 Å². The highest BCUT2D eigenvalue weighted by atomic mass is 127. The number of rotatable bonds is 7. The number of nitrogens with one attached hydrogen (secondary N) is 2. The molecule has 0 aliphatic carbocycles. The van der Waals surface area contributed by atoms with Gasteiger partial charge in [-0.25, -0.2) is 0 Å². The average molecular weight is 526 g/mol. The van der Waals surface area contributed by atoms with Crippen molar-refractivity contribution >= 4 is 29.9 Å². The van der Waals surface area contributed by atoms with Crippen LogP contribution in [-0.4, -0.2) is 60.0 Å². The van der Waals surface area contributed by atoms with E-state index in [1.165, 1.54) is 5.56 Å². The van der Waals surface area contributed by atoms with Gasteiger partial charge in [0.15, 0.2) is 5.96 Å². The molecular weight excluding hydrogens is 491 g/mol. The number of aliphatic imine (C=N–C) groups is 1. The van der Waals surface area contributed by atoms with Gasteiger partial charge in [0, 0.05) is 70.8 Å². The largest absolute Gasteiger partial charge is 0.381 e. The Hall–Kier alpha value is -1.65. The highest BCUT2D eigenvalue weighted by molar-refractivity contribution is 14.0. The molecule has 1 aromatic carbocycles. The molecule has 1 saturated heterocycles. The predicted octanol–water partition coefficient (Wildman–Crippen LogP) is 2.95. The summed E-state index contributed by atoms with van der Waals surface area (Å²) in [7, 11) is 5.82. The first-order valence-corrected chi connectivity index (χ1v) is 10.3. The van der Waals surface area contributed by atoms with Crippen LogP contribution in [0.25, 0.3) is 0 Å². The molecule has 7 nitrogen and oxygen atoms in total. The van der Waals surface area contributed by atoms with Crippen LogP contribution in [0, 0.1) is 0 Å². The zero-order valence-corrected chi connectivity index (χ0v) is 20.8. The number of hydrogen-bond donors (Lipinski definition) is 2. The van der Waals surface area contributed by atoms with Crippen LogP contribution in [0.3, 0.4) is 0 Å².